The van der Waals surface area contributed by atoms with Gasteiger partial charge in [0.05, 0.1) is 11.7 Å². The third kappa shape index (κ3) is 4.60. The van der Waals surface area contributed by atoms with Gasteiger partial charge in [0.1, 0.15) is 11.6 Å². The molecule has 3 N–H and O–H groups in total. The molecular weight excluding hydrogens is 292 g/mol. The third-order valence-electron chi connectivity index (χ3n) is 3.17. The van der Waals surface area contributed by atoms with Crippen molar-refractivity contribution in [1.29, 1.82) is 0 Å². The van der Waals surface area contributed by atoms with Gasteiger partial charge >= 0.3 is 0 Å². The van der Waals surface area contributed by atoms with Crippen LogP contribution in [-0.2, 0) is 4.79 Å². The first-order valence-electron chi connectivity index (χ1n) is 5.82. The van der Waals surface area contributed by atoms with Crippen LogP contribution in [0.4, 0.5) is 10.2 Å². The van der Waals surface area contributed by atoms with Crippen molar-refractivity contribution < 1.29 is 9.18 Å². The molecular formula is C12H18Cl2FN3O. The Morgan fingerprint density at radius 3 is 2.42 bits per heavy atom. The summed E-state index contributed by atoms with van der Waals surface area (Å²) < 4.78 is 12.7. The van der Waals surface area contributed by atoms with E-state index in [0.717, 1.165) is 25.5 Å². The minimum Gasteiger partial charge on any atom is -0.317 e. The summed E-state index contributed by atoms with van der Waals surface area (Å²) in [5, 5.41) is 2.64. The van der Waals surface area contributed by atoms with E-state index < -0.39 is 11.4 Å². The number of carbonyl (C=O) groups is 1. The van der Waals surface area contributed by atoms with Crippen molar-refractivity contribution in [3.05, 3.63) is 24.1 Å². The van der Waals surface area contributed by atoms with E-state index in [0.29, 0.717) is 18.7 Å². The highest BCUT2D eigenvalue weighted by Gasteiger charge is 2.35. The van der Waals surface area contributed by atoms with Crippen molar-refractivity contribution in [2.45, 2.75) is 37.6 Å². The molecule has 7 heteroatoms. The molecule has 1 saturated carbocycles. The SMILES string of the molecule is Cl.Cl.NC1(C(=O)Nc2ccc(F)cn2)CCCCC1. The first-order valence-corrected chi connectivity index (χ1v) is 5.82. The topological polar surface area (TPSA) is 68.0 Å². The van der Waals surface area contributed by atoms with Gasteiger partial charge < -0.3 is 11.1 Å². The second-order valence-corrected chi connectivity index (χ2v) is 4.53. The number of pyridine rings is 1. The van der Waals surface area contributed by atoms with Crippen LogP contribution in [-0.4, -0.2) is 16.4 Å². The molecule has 0 spiro atoms. The minimum atomic E-state index is -0.797. The van der Waals surface area contributed by atoms with Gasteiger partial charge in [-0.1, -0.05) is 19.3 Å². The maximum Gasteiger partial charge on any atom is 0.245 e. The molecule has 0 atom stereocenters. The molecule has 1 heterocycles. The van der Waals surface area contributed by atoms with Crippen LogP contribution in [0.5, 0.6) is 0 Å². The van der Waals surface area contributed by atoms with Crippen molar-refractivity contribution in [2.75, 3.05) is 5.32 Å². The van der Waals surface area contributed by atoms with Gasteiger partial charge in [-0.15, -0.1) is 24.8 Å². The van der Waals surface area contributed by atoms with Crippen LogP contribution in [0.1, 0.15) is 32.1 Å². The van der Waals surface area contributed by atoms with Gasteiger partial charge in [0.2, 0.25) is 5.91 Å². The monoisotopic (exact) mass is 309 g/mol. The van der Waals surface area contributed by atoms with Crippen LogP contribution in [0.3, 0.4) is 0 Å². The van der Waals surface area contributed by atoms with Crippen LogP contribution in [0.15, 0.2) is 18.3 Å². The van der Waals surface area contributed by atoms with Gasteiger partial charge in [-0.25, -0.2) is 9.37 Å². The van der Waals surface area contributed by atoms with Gasteiger partial charge in [0.15, 0.2) is 0 Å². The number of halogens is 3. The number of aromatic nitrogens is 1. The van der Waals surface area contributed by atoms with Gasteiger partial charge in [0, 0.05) is 0 Å². The molecule has 0 aliphatic heterocycles. The Balaban J connectivity index is 0.00000162. The van der Waals surface area contributed by atoms with E-state index in [9.17, 15) is 9.18 Å². The summed E-state index contributed by atoms with van der Waals surface area (Å²) in [5.74, 6) is -0.314. The number of nitrogens with one attached hydrogen (secondary N) is 1. The maximum absolute atomic E-state index is 12.7. The average Bonchev–Trinajstić information content (AvgIpc) is 2.33. The van der Waals surface area contributed by atoms with Gasteiger partial charge in [0.25, 0.3) is 0 Å². The predicted molar refractivity (Wildman–Crippen MR) is 77.3 cm³/mol. The zero-order valence-electron chi connectivity index (χ0n) is 10.4. The fourth-order valence-corrected chi connectivity index (χ4v) is 2.10. The van der Waals surface area contributed by atoms with Crippen molar-refractivity contribution in [3.63, 3.8) is 0 Å². The van der Waals surface area contributed by atoms with Crippen LogP contribution >= 0.6 is 24.8 Å². The third-order valence-corrected chi connectivity index (χ3v) is 3.17. The Morgan fingerprint density at radius 2 is 1.89 bits per heavy atom. The number of rotatable bonds is 2. The number of hydrogen-bond acceptors (Lipinski definition) is 3. The zero-order valence-corrected chi connectivity index (χ0v) is 12.0. The fourth-order valence-electron chi connectivity index (χ4n) is 2.10. The number of hydrogen-bond donors (Lipinski definition) is 2. The molecule has 0 aromatic carbocycles. The molecule has 0 saturated heterocycles. The van der Waals surface area contributed by atoms with Crippen LogP contribution in [0, 0.1) is 5.82 Å². The van der Waals surface area contributed by atoms with Gasteiger partial charge in [-0.2, -0.15) is 0 Å². The molecule has 1 fully saturated rings. The predicted octanol–water partition coefficient (Wildman–Crippen LogP) is 2.66. The highest BCUT2D eigenvalue weighted by molar-refractivity contribution is 5.97. The number of carbonyl (C=O) groups excluding carboxylic acids is 1. The molecule has 0 radical (unpaired) electrons. The minimum absolute atomic E-state index is 0. The van der Waals surface area contributed by atoms with E-state index in [1.54, 1.807) is 0 Å². The summed E-state index contributed by atoms with van der Waals surface area (Å²) in [6.07, 6.45) is 5.53. The second-order valence-electron chi connectivity index (χ2n) is 4.53. The lowest BCUT2D eigenvalue weighted by atomic mass is 9.82. The Bertz CT molecular complexity index is 408. The van der Waals surface area contributed by atoms with E-state index in [2.05, 4.69) is 10.3 Å². The molecule has 0 bridgehead atoms. The van der Waals surface area contributed by atoms with Crippen molar-refractivity contribution >= 4 is 36.5 Å². The smallest absolute Gasteiger partial charge is 0.245 e. The summed E-state index contributed by atoms with van der Waals surface area (Å²) in [6, 6.07) is 2.69. The first kappa shape index (κ1) is 18.1. The first-order chi connectivity index (χ1) is 8.10. The highest BCUT2D eigenvalue weighted by Crippen LogP contribution is 2.26. The van der Waals surface area contributed by atoms with E-state index in [1.807, 2.05) is 0 Å². The van der Waals surface area contributed by atoms with E-state index in [-0.39, 0.29) is 30.7 Å². The van der Waals surface area contributed by atoms with Crippen molar-refractivity contribution in [1.82, 2.24) is 4.98 Å². The molecule has 0 unspecified atom stereocenters. The highest BCUT2D eigenvalue weighted by atomic mass is 35.5. The van der Waals surface area contributed by atoms with E-state index in [4.69, 9.17) is 5.73 Å². The average molecular weight is 310 g/mol. The van der Waals surface area contributed by atoms with E-state index in [1.165, 1.54) is 12.1 Å². The molecule has 19 heavy (non-hydrogen) atoms. The van der Waals surface area contributed by atoms with Crippen LogP contribution in [0.2, 0.25) is 0 Å². The van der Waals surface area contributed by atoms with Crippen molar-refractivity contribution in [2.24, 2.45) is 5.73 Å². The van der Waals surface area contributed by atoms with Gasteiger partial charge in [-0.05, 0) is 25.0 Å². The fraction of sp³-hybridized carbons (Fsp3) is 0.500. The molecule has 2 rings (SSSR count). The quantitative estimate of drug-likeness (QED) is 0.882. The number of nitrogens with two attached hydrogens (primary N) is 1. The molecule has 1 aliphatic rings. The normalized spacial score (nSPS) is 16.7. The summed E-state index contributed by atoms with van der Waals surface area (Å²) in [4.78, 5) is 15.8. The summed E-state index contributed by atoms with van der Waals surface area (Å²) in [7, 11) is 0. The second kappa shape index (κ2) is 7.62. The molecule has 1 aromatic heterocycles. The summed E-state index contributed by atoms with van der Waals surface area (Å²) in [6.45, 7) is 0. The van der Waals surface area contributed by atoms with Crippen LogP contribution in [0.25, 0.3) is 0 Å². The molecule has 108 valence electrons. The Kier molecular flexibility index (Phi) is 7.26. The molecule has 1 aliphatic carbocycles. The molecule has 1 aromatic rings. The lowest BCUT2D eigenvalue weighted by Gasteiger charge is -2.31. The maximum atomic E-state index is 12.7. The zero-order chi connectivity index (χ0) is 12.3. The van der Waals surface area contributed by atoms with E-state index >= 15 is 0 Å². The standard InChI is InChI=1S/C12H16FN3O.2ClH/c13-9-4-5-10(15-8-9)16-11(17)12(14)6-2-1-3-7-12;;/h4-5,8H,1-3,6-7,14H2,(H,15,16,17);2*1H. The lowest BCUT2D eigenvalue weighted by molar-refractivity contribution is -0.122. The number of nitrogens with zero attached hydrogens (tertiary/aromatic N) is 1. The van der Waals surface area contributed by atoms with Gasteiger partial charge in [-0.3, -0.25) is 4.79 Å². The largest absolute Gasteiger partial charge is 0.317 e. The molecule has 1 amide bonds. The van der Waals surface area contributed by atoms with Crippen LogP contribution < -0.4 is 11.1 Å². The number of amides is 1. The van der Waals surface area contributed by atoms with Crippen molar-refractivity contribution in [3.8, 4) is 0 Å². The Morgan fingerprint density at radius 1 is 1.26 bits per heavy atom. The number of anilines is 1. The molecule has 4 nitrogen and oxygen atoms in total. The Labute approximate surface area is 124 Å². The lowest BCUT2D eigenvalue weighted by Crippen LogP contribution is -2.52. The summed E-state index contributed by atoms with van der Waals surface area (Å²) in [5.41, 5.74) is 5.27. The Hall–Kier alpha value is -0.910. The summed E-state index contributed by atoms with van der Waals surface area (Å²) >= 11 is 0.